The number of benzene rings is 1. The Morgan fingerprint density at radius 1 is 1.44 bits per heavy atom. The van der Waals surface area contributed by atoms with Crippen LogP contribution in [0.1, 0.15) is 5.69 Å². The smallest absolute Gasteiger partial charge is 0.140 e. The van der Waals surface area contributed by atoms with E-state index >= 15 is 0 Å². The SMILES string of the molecule is N#CCc1[nH]c(-c2ccccc2Cl)nc1Br. The van der Waals surface area contributed by atoms with Gasteiger partial charge in [0.05, 0.1) is 23.2 Å². The van der Waals surface area contributed by atoms with E-state index in [9.17, 15) is 0 Å². The van der Waals surface area contributed by atoms with Crippen molar-refractivity contribution in [3.05, 3.63) is 39.6 Å². The van der Waals surface area contributed by atoms with Crippen LogP contribution in [0.25, 0.3) is 11.4 Å². The van der Waals surface area contributed by atoms with Gasteiger partial charge in [-0.15, -0.1) is 0 Å². The first-order chi connectivity index (χ1) is 7.72. The normalized spacial score (nSPS) is 10.1. The Balaban J connectivity index is 2.46. The lowest BCUT2D eigenvalue weighted by Gasteiger charge is -1.98. The first-order valence-corrected chi connectivity index (χ1v) is 5.75. The van der Waals surface area contributed by atoms with Crippen LogP contribution in [0.15, 0.2) is 28.9 Å². The third kappa shape index (κ3) is 2.11. The van der Waals surface area contributed by atoms with Gasteiger partial charge in [0.1, 0.15) is 10.4 Å². The minimum Gasteiger partial charge on any atom is -0.340 e. The summed E-state index contributed by atoms with van der Waals surface area (Å²) in [5.41, 5.74) is 1.59. The molecule has 0 atom stereocenters. The molecule has 1 N–H and O–H groups in total. The third-order valence-electron chi connectivity index (χ3n) is 2.11. The van der Waals surface area contributed by atoms with Crippen LogP contribution in [0.2, 0.25) is 5.02 Å². The molecule has 0 amide bonds. The summed E-state index contributed by atoms with van der Waals surface area (Å²) < 4.78 is 0.656. The highest BCUT2D eigenvalue weighted by Gasteiger charge is 2.11. The van der Waals surface area contributed by atoms with Gasteiger partial charge < -0.3 is 4.98 Å². The van der Waals surface area contributed by atoms with E-state index < -0.39 is 0 Å². The number of imidazole rings is 1. The summed E-state index contributed by atoms with van der Waals surface area (Å²) >= 11 is 9.36. The first kappa shape index (κ1) is 11.2. The second-order valence-electron chi connectivity index (χ2n) is 3.17. The van der Waals surface area contributed by atoms with Gasteiger partial charge in [0.2, 0.25) is 0 Å². The minimum absolute atomic E-state index is 0.290. The van der Waals surface area contributed by atoms with Crippen LogP contribution in [-0.2, 0) is 6.42 Å². The summed E-state index contributed by atoms with van der Waals surface area (Å²) in [4.78, 5) is 7.36. The number of rotatable bonds is 2. The lowest BCUT2D eigenvalue weighted by atomic mass is 10.2. The molecule has 5 heteroatoms. The van der Waals surface area contributed by atoms with Crippen LogP contribution in [-0.4, -0.2) is 9.97 Å². The minimum atomic E-state index is 0.290. The van der Waals surface area contributed by atoms with Crippen LogP contribution in [0, 0.1) is 11.3 Å². The van der Waals surface area contributed by atoms with E-state index in [-0.39, 0.29) is 6.42 Å². The largest absolute Gasteiger partial charge is 0.340 e. The number of aromatic amines is 1. The summed E-state index contributed by atoms with van der Waals surface area (Å²) in [5.74, 6) is 0.669. The van der Waals surface area contributed by atoms with E-state index in [1.165, 1.54) is 0 Å². The second kappa shape index (κ2) is 4.69. The molecule has 0 spiro atoms. The molecule has 0 unspecified atom stereocenters. The Morgan fingerprint density at radius 3 is 2.88 bits per heavy atom. The molecular weight excluding hydrogens is 289 g/mol. The Kier molecular flexibility index (Phi) is 3.28. The van der Waals surface area contributed by atoms with Crippen molar-refractivity contribution in [1.29, 1.82) is 5.26 Å². The zero-order valence-corrected chi connectivity index (χ0v) is 10.5. The highest BCUT2D eigenvalue weighted by atomic mass is 79.9. The summed E-state index contributed by atoms with van der Waals surface area (Å²) in [6, 6.07) is 9.50. The molecule has 0 aliphatic rings. The molecule has 1 aromatic carbocycles. The van der Waals surface area contributed by atoms with Gasteiger partial charge in [-0.25, -0.2) is 4.98 Å². The molecule has 16 heavy (non-hydrogen) atoms. The molecule has 2 rings (SSSR count). The van der Waals surface area contributed by atoms with Crippen LogP contribution in [0.3, 0.4) is 0 Å². The number of aromatic nitrogens is 2. The summed E-state index contributed by atoms with van der Waals surface area (Å²) in [5, 5.41) is 9.27. The molecule has 0 radical (unpaired) electrons. The number of nitriles is 1. The van der Waals surface area contributed by atoms with E-state index in [0.29, 0.717) is 15.5 Å². The molecule has 2 aromatic rings. The number of hydrogen-bond donors (Lipinski definition) is 1. The highest BCUT2D eigenvalue weighted by Crippen LogP contribution is 2.27. The van der Waals surface area contributed by atoms with Crippen molar-refractivity contribution in [2.75, 3.05) is 0 Å². The van der Waals surface area contributed by atoms with Gasteiger partial charge in [0.15, 0.2) is 0 Å². The molecule has 1 aromatic heterocycles. The molecule has 80 valence electrons. The van der Waals surface area contributed by atoms with Gasteiger partial charge in [-0.2, -0.15) is 5.26 Å². The number of hydrogen-bond acceptors (Lipinski definition) is 2. The van der Waals surface area contributed by atoms with E-state index in [4.69, 9.17) is 16.9 Å². The maximum Gasteiger partial charge on any atom is 0.140 e. The van der Waals surface area contributed by atoms with Crippen molar-refractivity contribution in [2.24, 2.45) is 0 Å². The van der Waals surface area contributed by atoms with Gasteiger partial charge in [0.25, 0.3) is 0 Å². The van der Waals surface area contributed by atoms with Crippen molar-refractivity contribution >= 4 is 27.5 Å². The fourth-order valence-corrected chi connectivity index (χ4v) is 2.01. The second-order valence-corrected chi connectivity index (χ2v) is 4.33. The fourth-order valence-electron chi connectivity index (χ4n) is 1.37. The Bertz CT molecular complexity index is 557. The Hall–Kier alpha value is -1.31. The standard InChI is InChI=1S/C11H7BrClN3/c12-10-9(5-6-14)15-11(16-10)7-3-1-2-4-8(7)13/h1-4H,5H2,(H,15,16). The van der Waals surface area contributed by atoms with E-state index in [2.05, 4.69) is 32.0 Å². The summed E-state index contributed by atoms with van der Waals surface area (Å²) in [6.07, 6.45) is 0.290. The van der Waals surface area contributed by atoms with Gasteiger partial charge in [0, 0.05) is 5.56 Å². The quantitative estimate of drug-likeness (QED) is 0.921. The van der Waals surface area contributed by atoms with E-state index in [1.54, 1.807) is 6.07 Å². The highest BCUT2D eigenvalue weighted by molar-refractivity contribution is 9.10. The molecule has 0 saturated carbocycles. The topological polar surface area (TPSA) is 52.5 Å². The maximum atomic E-state index is 8.63. The monoisotopic (exact) mass is 295 g/mol. The lowest BCUT2D eigenvalue weighted by molar-refractivity contribution is 1.15. The molecule has 3 nitrogen and oxygen atoms in total. The third-order valence-corrected chi connectivity index (χ3v) is 3.10. The van der Waals surface area contributed by atoms with Gasteiger partial charge in [-0.3, -0.25) is 0 Å². The van der Waals surface area contributed by atoms with Crippen molar-refractivity contribution in [2.45, 2.75) is 6.42 Å². The van der Waals surface area contributed by atoms with Gasteiger partial charge >= 0.3 is 0 Å². The van der Waals surface area contributed by atoms with Crippen molar-refractivity contribution in [3.63, 3.8) is 0 Å². The molecular formula is C11H7BrClN3. The molecule has 0 saturated heterocycles. The van der Waals surface area contributed by atoms with E-state index in [1.807, 2.05) is 18.2 Å². The number of halogens is 2. The molecule has 0 aliphatic heterocycles. The summed E-state index contributed by atoms with van der Waals surface area (Å²) in [6.45, 7) is 0. The first-order valence-electron chi connectivity index (χ1n) is 4.58. The van der Waals surface area contributed by atoms with Crippen molar-refractivity contribution < 1.29 is 0 Å². The number of nitrogens with zero attached hydrogens (tertiary/aromatic N) is 2. The molecule has 0 bridgehead atoms. The van der Waals surface area contributed by atoms with Gasteiger partial charge in [-0.1, -0.05) is 23.7 Å². The van der Waals surface area contributed by atoms with Crippen LogP contribution < -0.4 is 0 Å². The van der Waals surface area contributed by atoms with E-state index in [0.717, 1.165) is 11.3 Å². The Morgan fingerprint density at radius 2 is 2.19 bits per heavy atom. The maximum absolute atomic E-state index is 8.63. The predicted octanol–water partition coefficient (Wildman–Crippen LogP) is 3.56. The zero-order valence-electron chi connectivity index (χ0n) is 8.17. The van der Waals surface area contributed by atoms with Gasteiger partial charge in [-0.05, 0) is 28.1 Å². The molecule has 1 heterocycles. The Labute approximate surface area is 106 Å². The van der Waals surface area contributed by atoms with Crippen molar-refractivity contribution in [3.8, 4) is 17.5 Å². The zero-order chi connectivity index (χ0) is 11.5. The number of H-pyrrole nitrogens is 1. The number of nitrogens with one attached hydrogen (secondary N) is 1. The average Bonchev–Trinajstić information content (AvgIpc) is 2.61. The average molecular weight is 297 g/mol. The van der Waals surface area contributed by atoms with Crippen LogP contribution >= 0.6 is 27.5 Å². The van der Waals surface area contributed by atoms with Crippen LogP contribution in [0.4, 0.5) is 0 Å². The van der Waals surface area contributed by atoms with Crippen LogP contribution in [0.5, 0.6) is 0 Å². The fraction of sp³-hybridized carbons (Fsp3) is 0.0909. The molecule has 0 aliphatic carbocycles. The lowest BCUT2D eigenvalue weighted by Crippen LogP contribution is -1.83. The van der Waals surface area contributed by atoms with Crippen molar-refractivity contribution in [1.82, 2.24) is 9.97 Å². The summed E-state index contributed by atoms with van der Waals surface area (Å²) in [7, 11) is 0. The molecule has 0 fully saturated rings. The predicted molar refractivity (Wildman–Crippen MR) is 66.1 cm³/mol.